The van der Waals surface area contributed by atoms with Crippen LogP contribution in [0.5, 0.6) is 0 Å². The Morgan fingerprint density at radius 1 is 0.850 bits per heavy atom. The molecule has 1 aliphatic carbocycles. The van der Waals surface area contributed by atoms with E-state index in [1.54, 1.807) is 65.2 Å². The topological polar surface area (TPSA) is 183 Å². The number of carbonyl (C=O) groups excluding carboxylic acids is 7. The van der Waals surface area contributed by atoms with E-state index in [0.29, 0.717) is 36.8 Å². The average Bonchev–Trinajstić information content (AvgIpc) is 3.66. The van der Waals surface area contributed by atoms with Crippen LogP contribution in [0, 0.1) is 23.2 Å². The third-order valence-corrected chi connectivity index (χ3v) is 10.9. The standard InChI is InChI=1S/C34H52N6O8.C10H20.C2H6/c1-9-21(3)16-24(29(43)31(45)35-18-26(41)38-28(32(46)39(7)8)23-14-12-11-13-15-23)37-30(44)25-17-22(10-2)20-40(25)27(42)19-36-33(47)48-34(4,5)6;1-10(2,3)9-7-5-4-6-8-9;1-2/h11-15,21-22,24-25,28H,9-10,16-20H2,1-8H3,(H,35,45)(H,36,47)(H,37,44)(H,38,41);9H,4-8H2,1-3H3;1-2H3/t21?,22-,24?,25?,28?;;/m1../s1. The quantitative estimate of drug-likeness (QED) is 0.148. The lowest BCUT2D eigenvalue weighted by atomic mass is 9.72. The summed E-state index contributed by atoms with van der Waals surface area (Å²) in [7, 11) is 3.11. The highest BCUT2D eigenvalue weighted by Gasteiger charge is 2.41. The van der Waals surface area contributed by atoms with E-state index >= 15 is 0 Å². The van der Waals surface area contributed by atoms with Crippen molar-refractivity contribution in [3.63, 3.8) is 0 Å². The van der Waals surface area contributed by atoms with Crippen molar-refractivity contribution in [2.24, 2.45) is 23.2 Å². The van der Waals surface area contributed by atoms with Crippen molar-refractivity contribution in [2.45, 2.75) is 158 Å². The number of nitrogens with one attached hydrogen (secondary N) is 4. The minimum atomic E-state index is -1.21. The van der Waals surface area contributed by atoms with Gasteiger partial charge in [0.15, 0.2) is 0 Å². The number of ketones is 1. The van der Waals surface area contributed by atoms with E-state index in [4.69, 9.17) is 4.74 Å². The Kier molecular flexibility index (Phi) is 23.2. The number of likely N-dealkylation sites (N-methyl/N-ethyl adjacent to an activating group) is 1. The molecule has 340 valence electrons. The molecule has 14 heteroatoms. The Morgan fingerprint density at radius 2 is 1.45 bits per heavy atom. The molecule has 0 aromatic heterocycles. The number of alkyl carbamates (subject to hydrolysis) is 1. The Bertz CT molecular complexity index is 1530. The van der Waals surface area contributed by atoms with Crippen LogP contribution in [0.15, 0.2) is 30.3 Å². The first kappa shape index (κ1) is 53.5. The molecular weight excluding hydrogens is 765 g/mol. The number of likely N-dealkylation sites (tertiary alicyclic amines) is 1. The van der Waals surface area contributed by atoms with Gasteiger partial charge in [0.05, 0.1) is 12.6 Å². The van der Waals surface area contributed by atoms with Crippen LogP contribution in [0.3, 0.4) is 0 Å². The molecule has 1 aromatic carbocycles. The summed E-state index contributed by atoms with van der Waals surface area (Å²) in [6, 6.07) is 5.50. The molecule has 14 nitrogen and oxygen atoms in total. The molecule has 2 aliphatic rings. The van der Waals surface area contributed by atoms with E-state index < -0.39 is 65.8 Å². The van der Waals surface area contributed by atoms with Crippen LogP contribution in [0.25, 0.3) is 0 Å². The number of benzene rings is 1. The van der Waals surface area contributed by atoms with Crippen molar-refractivity contribution in [2.75, 3.05) is 33.7 Å². The molecule has 6 amide bonds. The number of Topliss-reactive ketones (excluding diaryl/α,β-unsaturated/α-hetero) is 1. The molecule has 1 saturated heterocycles. The SMILES string of the molecule is CC.CC(C)(C)C1CCCCC1.CCC(C)CC(NC(=O)C1C[C@@H](CC)CN1C(=O)CNC(=O)OC(C)(C)C)C(=O)C(=O)NCC(=O)NC(C(=O)N(C)C)c1ccccc1. The number of amides is 6. The van der Waals surface area contributed by atoms with Gasteiger partial charge >= 0.3 is 6.09 Å². The van der Waals surface area contributed by atoms with Crippen LogP contribution >= 0.6 is 0 Å². The predicted octanol–water partition coefficient (Wildman–Crippen LogP) is 6.33. The highest BCUT2D eigenvalue weighted by Crippen LogP contribution is 2.37. The van der Waals surface area contributed by atoms with Gasteiger partial charge in [0, 0.05) is 20.6 Å². The van der Waals surface area contributed by atoms with Gasteiger partial charge < -0.3 is 35.8 Å². The van der Waals surface area contributed by atoms with Crippen molar-refractivity contribution in [1.82, 2.24) is 31.1 Å². The van der Waals surface area contributed by atoms with Crippen molar-refractivity contribution >= 4 is 41.4 Å². The maximum atomic E-state index is 13.6. The van der Waals surface area contributed by atoms with Crippen LogP contribution < -0.4 is 21.3 Å². The monoisotopic (exact) mass is 843 g/mol. The first-order chi connectivity index (χ1) is 28.1. The summed E-state index contributed by atoms with van der Waals surface area (Å²) in [5, 5.41) is 10.0. The van der Waals surface area contributed by atoms with E-state index in [9.17, 15) is 33.6 Å². The molecule has 0 bridgehead atoms. The summed E-state index contributed by atoms with van der Waals surface area (Å²) in [6.45, 7) is 21.3. The normalized spacial score (nSPS) is 18.1. The minimum Gasteiger partial charge on any atom is -0.444 e. The Morgan fingerprint density at radius 3 is 1.95 bits per heavy atom. The Hall–Kier alpha value is -4.49. The first-order valence-corrected chi connectivity index (χ1v) is 22.0. The molecule has 3 rings (SSSR count). The van der Waals surface area contributed by atoms with Crippen molar-refractivity contribution in [3.8, 4) is 0 Å². The maximum Gasteiger partial charge on any atom is 0.408 e. The third kappa shape index (κ3) is 18.8. The zero-order chi connectivity index (χ0) is 45.8. The summed E-state index contributed by atoms with van der Waals surface area (Å²) in [4.78, 5) is 93.5. The Balaban J connectivity index is 0.00000129. The number of ether oxygens (including phenoxy) is 1. The van der Waals surface area contributed by atoms with Gasteiger partial charge in [0.25, 0.3) is 5.91 Å². The van der Waals surface area contributed by atoms with Gasteiger partial charge in [-0.15, -0.1) is 0 Å². The highest BCUT2D eigenvalue weighted by atomic mass is 16.6. The fourth-order valence-electron chi connectivity index (χ4n) is 7.15. The van der Waals surface area contributed by atoms with Gasteiger partial charge in [-0.3, -0.25) is 28.8 Å². The maximum absolute atomic E-state index is 13.6. The number of hydrogen-bond donors (Lipinski definition) is 4. The molecule has 5 atom stereocenters. The summed E-state index contributed by atoms with van der Waals surface area (Å²) in [5.41, 5.74) is 0.369. The van der Waals surface area contributed by atoms with E-state index in [2.05, 4.69) is 42.0 Å². The largest absolute Gasteiger partial charge is 0.444 e. The van der Waals surface area contributed by atoms with E-state index in [1.165, 1.54) is 41.9 Å². The van der Waals surface area contributed by atoms with Crippen LogP contribution in [0.2, 0.25) is 0 Å². The van der Waals surface area contributed by atoms with E-state index in [-0.39, 0.29) is 30.7 Å². The molecule has 0 spiro atoms. The molecular formula is C46H78N6O8. The van der Waals surface area contributed by atoms with Crippen LogP contribution in [-0.2, 0) is 33.5 Å². The second-order valence-corrected chi connectivity index (χ2v) is 18.1. The molecule has 2 fully saturated rings. The summed E-state index contributed by atoms with van der Waals surface area (Å²) >= 11 is 0. The molecule has 4 N–H and O–H groups in total. The van der Waals surface area contributed by atoms with Crippen LogP contribution in [0.4, 0.5) is 4.79 Å². The highest BCUT2D eigenvalue weighted by molar-refractivity contribution is 6.38. The lowest BCUT2D eigenvalue weighted by molar-refractivity contribution is -0.142. The molecule has 1 saturated carbocycles. The van der Waals surface area contributed by atoms with E-state index in [1.807, 2.05) is 34.6 Å². The molecule has 0 radical (unpaired) electrons. The number of nitrogens with zero attached hydrogens (tertiary/aromatic N) is 2. The van der Waals surface area contributed by atoms with Crippen LogP contribution in [0.1, 0.15) is 146 Å². The fourth-order valence-corrected chi connectivity index (χ4v) is 7.15. The molecule has 1 heterocycles. The number of carbonyl (C=O) groups is 7. The number of hydrogen-bond acceptors (Lipinski definition) is 8. The van der Waals surface area contributed by atoms with Crippen LogP contribution in [-0.4, -0.2) is 103 Å². The zero-order valence-corrected chi connectivity index (χ0v) is 39.0. The minimum absolute atomic E-state index is 0.0239. The van der Waals surface area contributed by atoms with E-state index in [0.717, 1.165) is 5.92 Å². The van der Waals surface area contributed by atoms with Gasteiger partial charge in [0.2, 0.25) is 29.4 Å². The second kappa shape index (κ2) is 26.0. The summed E-state index contributed by atoms with van der Waals surface area (Å²) < 4.78 is 5.19. The van der Waals surface area contributed by atoms with Gasteiger partial charge in [-0.25, -0.2) is 4.79 Å². The lowest BCUT2D eigenvalue weighted by Crippen LogP contribution is -2.55. The van der Waals surface area contributed by atoms with Gasteiger partial charge in [-0.1, -0.05) is 118 Å². The zero-order valence-electron chi connectivity index (χ0n) is 39.0. The lowest BCUT2D eigenvalue weighted by Gasteiger charge is -2.33. The molecule has 4 unspecified atom stereocenters. The summed E-state index contributed by atoms with van der Waals surface area (Å²) in [5.74, 6) is -3.15. The molecule has 60 heavy (non-hydrogen) atoms. The smallest absolute Gasteiger partial charge is 0.408 e. The Labute approximate surface area is 360 Å². The van der Waals surface area contributed by atoms with Crippen molar-refractivity contribution in [1.29, 1.82) is 0 Å². The third-order valence-electron chi connectivity index (χ3n) is 10.9. The average molecular weight is 843 g/mol. The summed E-state index contributed by atoms with van der Waals surface area (Å²) in [6.07, 6.45) is 8.51. The van der Waals surface area contributed by atoms with Crippen molar-refractivity contribution in [3.05, 3.63) is 35.9 Å². The first-order valence-electron chi connectivity index (χ1n) is 22.0. The van der Waals surface area contributed by atoms with Gasteiger partial charge in [0.1, 0.15) is 24.2 Å². The number of rotatable bonds is 15. The fraction of sp³-hybridized carbons (Fsp3) is 0.717. The van der Waals surface area contributed by atoms with Gasteiger partial charge in [-0.05, 0) is 75.2 Å². The van der Waals surface area contributed by atoms with Gasteiger partial charge in [-0.2, -0.15) is 0 Å². The second-order valence-electron chi connectivity index (χ2n) is 18.1. The molecule has 1 aromatic rings. The predicted molar refractivity (Wildman–Crippen MR) is 236 cm³/mol. The molecule has 1 aliphatic heterocycles. The van der Waals surface area contributed by atoms with Crippen molar-refractivity contribution < 1.29 is 38.3 Å².